The fraction of sp³-hybridized carbons (Fsp3) is 0.353. The number of urea groups is 1. The highest BCUT2D eigenvalue weighted by Gasteiger charge is 2.25. The lowest BCUT2D eigenvalue weighted by molar-refractivity contribution is -0.128. The molecule has 1 aromatic heterocycles. The van der Waals surface area contributed by atoms with E-state index in [1.54, 1.807) is 17.9 Å². The second-order valence-corrected chi connectivity index (χ2v) is 5.83. The number of likely N-dealkylation sites (tertiary alicyclic amines) is 1. The summed E-state index contributed by atoms with van der Waals surface area (Å²) in [7, 11) is 0. The number of carbonyl (C=O) groups excluding carboxylic acids is 2. The zero-order chi connectivity index (χ0) is 16.9. The van der Waals surface area contributed by atoms with Gasteiger partial charge in [-0.1, -0.05) is 35.5 Å². The lowest BCUT2D eigenvalue weighted by atomic mass is 10.1. The summed E-state index contributed by atoms with van der Waals surface area (Å²) in [6.45, 7) is 2.93. The molecule has 1 saturated heterocycles. The number of benzene rings is 1. The molecule has 0 aliphatic carbocycles. The first-order valence-electron chi connectivity index (χ1n) is 7.95. The SMILES string of the molecule is Cc1cc(NC(=O)NC(CN2CCCC2=O)c2ccccc2)no1. The first kappa shape index (κ1) is 16.0. The number of carbonyl (C=O) groups is 2. The quantitative estimate of drug-likeness (QED) is 0.882. The molecule has 1 aliphatic rings. The maximum atomic E-state index is 12.3. The standard InChI is InChI=1S/C17H20N4O3/c1-12-10-15(20-24-12)19-17(23)18-14(13-6-3-2-4-7-13)11-21-9-5-8-16(21)22/h2-4,6-7,10,14H,5,8-9,11H2,1H3,(H2,18,19,20,23). The topological polar surface area (TPSA) is 87.5 Å². The smallest absolute Gasteiger partial charge is 0.321 e. The van der Waals surface area contributed by atoms with E-state index in [0.29, 0.717) is 24.5 Å². The van der Waals surface area contributed by atoms with Gasteiger partial charge >= 0.3 is 6.03 Å². The molecule has 0 bridgehead atoms. The molecule has 126 valence electrons. The van der Waals surface area contributed by atoms with Gasteiger partial charge in [-0.05, 0) is 18.9 Å². The molecule has 7 heteroatoms. The van der Waals surface area contributed by atoms with Crippen molar-refractivity contribution in [3.8, 4) is 0 Å². The summed E-state index contributed by atoms with van der Waals surface area (Å²) < 4.78 is 4.93. The van der Waals surface area contributed by atoms with Gasteiger partial charge in [0.25, 0.3) is 0 Å². The third kappa shape index (κ3) is 3.92. The molecule has 2 heterocycles. The third-order valence-corrected chi connectivity index (χ3v) is 3.95. The Bertz CT molecular complexity index is 714. The van der Waals surface area contributed by atoms with Crippen LogP contribution in [0, 0.1) is 6.92 Å². The molecule has 0 spiro atoms. The minimum atomic E-state index is -0.385. The molecule has 2 N–H and O–H groups in total. The minimum absolute atomic E-state index is 0.130. The molecule has 3 amide bonds. The van der Waals surface area contributed by atoms with E-state index in [4.69, 9.17) is 4.52 Å². The summed E-state index contributed by atoms with van der Waals surface area (Å²) in [5.41, 5.74) is 0.948. The van der Waals surface area contributed by atoms with E-state index in [2.05, 4.69) is 15.8 Å². The first-order valence-corrected chi connectivity index (χ1v) is 7.95. The van der Waals surface area contributed by atoms with Crippen molar-refractivity contribution in [2.75, 3.05) is 18.4 Å². The third-order valence-electron chi connectivity index (χ3n) is 3.95. The highest BCUT2D eigenvalue weighted by atomic mass is 16.5. The van der Waals surface area contributed by atoms with Crippen molar-refractivity contribution in [3.05, 3.63) is 47.7 Å². The summed E-state index contributed by atoms with van der Waals surface area (Å²) in [6, 6.07) is 10.6. The minimum Gasteiger partial charge on any atom is -0.360 e. The van der Waals surface area contributed by atoms with Crippen molar-refractivity contribution >= 4 is 17.8 Å². The zero-order valence-corrected chi connectivity index (χ0v) is 13.5. The van der Waals surface area contributed by atoms with Gasteiger partial charge in [0.05, 0.1) is 6.04 Å². The van der Waals surface area contributed by atoms with Crippen LogP contribution in [0.1, 0.15) is 30.2 Å². The van der Waals surface area contributed by atoms with E-state index in [-0.39, 0.29) is 18.0 Å². The van der Waals surface area contributed by atoms with Crippen LogP contribution in [0.3, 0.4) is 0 Å². The largest absolute Gasteiger partial charge is 0.360 e. The van der Waals surface area contributed by atoms with Crippen LogP contribution in [0.15, 0.2) is 40.9 Å². The molecule has 0 radical (unpaired) electrons. The second kappa shape index (κ2) is 7.16. The van der Waals surface area contributed by atoms with Crippen LogP contribution in [0.2, 0.25) is 0 Å². The molecular formula is C17H20N4O3. The molecule has 7 nitrogen and oxygen atoms in total. The Morgan fingerprint density at radius 2 is 2.17 bits per heavy atom. The van der Waals surface area contributed by atoms with Crippen LogP contribution >= 0.6 is 0 Å². The van der Waals surface area contributed by atoms with Crippen molar-refractivity contribution < 1.29 is 14.1 Å². The Balaban J connectivity index is 1.69. The number of nitrogens with one attached hydrogen (secondary N) is 2. The highest BCUT2D eigenvalue weighted by Crippen LogP contribution is 2.19. The Morgan fingerprint density at radius 1 is 1.38 bits per heavy atom. The second-order valence-electron chi connectivity index (χ2n) is 5.83. The van der Waals surface area contributed by atoms with E-state index in [1.165, 1.54) is 0 Å². The van der Waals surface area contributed by atoms with Crippen molar-refractivity contribution in [1.82, 2.24) is 15.4 Å². The Kier molecular flexibility index (Phi) is 4.79. The Hall–Kier alpha value is -2.83. The van der Waals surface area contributed by atoms with Gasteiger partial charge in [0.15, 0.2) is 5.82 Å². The molecule has 1 fully saturated rings. The highest BCUT2D eigenvalue weighted by molar-refractivity contribution is 5.88. The fourth-order valence-corrected chi connectivity index (χ4v) is 2.77. The average Bonchev–Trinajstić information content (AvgIpc) is 3.16. The van der Waals surface area contributed by atoms with E-state index in [1.807, 2.05) is 30.3 Å². The van der Waals surface area contributed by atoms with Gasteiger partial charge in [-0.2, -0.15) is 0 Å². The Labute approximate surface area is 140 Å². The first-order chi connectivity index (χ1) is 11.6. The predicted molar refractivity (Wildman–Crippen MR) is 88.4 cm³/mol. The van der Waals surface area contributed by atoms with Crippen LogP contribution in [-0.4, -0.2) is 35.1 Å². The van der Waals surface area contributed by atoms with Crippen molar-refractivity contribution in [2.24, 2.45) is 0 Å². The van der Waals surface area contributed by atoms with Crippen LogP contribution in [0.4, 0.5) is 10.6 Å². The van der Waals surface area contributed by atoms with Gasteiger partial charge in [0.2, 0.25) is 5.91 Å². The number of anilines is 1. The molecule has 1 unspecified atom stereocenters. The molecule has 1 aliphatic heterocycles. The van der Waals surface area contributed by atoms with Crippen LogP contribution in [-0.2, 0) is 4.79 Å². The summed E-state index contributed by atoms with van der Waals surface area (Å²) in [5, 5.41) is 9.29. The summed E-state index contributed by atoms with van der Waals surface area (Å²) in [4.78, 5) is 25.9. The van der Waals surface area contributed by atoms with E-state index < -0.39 is 0 Å². The number of hydrogen-bond acceptors (Lipinski definition) is 4. The number of rotatable bonds is 5. The summed E-state index contributed by atoms with van der Waals surface area (Å²) in [6.07, 6.45) is 1.44. The van der Waals surface area contributed by atoms with Gasteiger partial charge in [-0.25, -0.2) is 4.79 Å². The zero-order valence-electron chi connectivity index (χ0n) is 13.5. The van der Waals surface area contributed by atoms with E-state index in [0.717, 1.165) is 18.5 Å². The van der Waals surface area contributed by atoms with Gasteiger partial charge < -0.3 is 14.7 Å². The number of aryl methyl sites for hydroxylation is 1. The van der Waals surface area contributed by atoms with Crippen LogP contribution in [0.25, 0.3) is 0 Å². The molecule has 1 aromatic carbocycles. The van der Waals surface area contributed by atoms with Gasteiger partial charge in [0.1, 0.15) is 5.76 Å². The number of amides is 3. The molecule has 1 atom stereocenters. The maximum Gasteiger partial charge on any atom is 0.321 e. The van der Waals surface area contributed by atoms with Crippen molar-refractivity contribution in [3.63, 3.8) is 0 Å². The average molecular weight is 328 g/mol. The number of hydrogen-bond donors (Lipinski definition) is 2. The monoisotopic (exact) mass is 328 g/mol. The van der Waals surface area contributed by atoms with Crippen LogP contribution in [0.5, 0.6) is 0 Å². The Morgan fingerprint density at radius 3 is 2.79 bits per heavy atom. The number of aromatic nitrogens is 1. The molecular weight excluding hydrogens is 308 g/mol. The lowest BCUT2D eigenvalue weighted by Gasteiger charge is -2.25. The van der Waals surface area contributed by atoms with Crippen LogP contribution < -0.4 is 10.6 Å². The molecule has 3 rings (SSSR count). The maximum absolute atomic E-state index is 12.3. The van der Waals surface area contributed by atoms with E-state index in [9.17, 15) is 9.59 Å². The van der Waals surface area contributed by atoms with Gasteiger partial charge in [-0.3, -0.25) is 10.1 Å². The molecule has 24 heavy (non-hydrogen) atoms. The summed E-state index contributed by atoms with van der Waals surface area (Å²) >= 11 is 0. The number of nitrogens with zero attached hydrogens (tertiary/aromatic N) is 2. The summed E-state index contributed by atoms with van der Waals surface area (Å²) in [5.74, 6) is 1.10. The van der Waals surface area contributed by atoms with Gasteiger partial charge in [-0.15, -0.1) is 0 Å². The van der Waals surface area contributed by atoms with E-state index >= 15 is 0 Å². The fourth-order valence-electron chi connectivity index (χ4n) is 2.77. The predicted octanol–water partition coefficient (Wildman–Crippen LogP) is 2.47. The van der Waals surface area contributed by atoms with Crippen molar-refractivity contribution in [1.29, 1.82) is 0 Å². The normalized spacial score (nSPS) is 15.4. The lowest BCUT2D eigenvalue weighted by Crippen LogP contribution is -2.40. The van der Waals surface area contributed by atoms with Gasteiger partial charge in [0, 0.05) is 25.6 Å². The molecule has 0 saturated carbocycles. The molecule has 2 aromatic rings. The van der Waals surface area contributed by atoms with Crippen molar-refractivity contribution in [2.45, 2.75) is 25.8 Å².